The largest absolute Gasteiger partial charge is 0.355 e. The van der Waals surface area contributed by atoms with Crippen LogP contribution in [0.25, 0.3) is 0 Å². The number of anilines is 2. The molecule has 1 N–H and O–H groups in total. The third kappa shape index (κ3) is 2.42. The fraction of sp³-hybridized carbons (Fsp3) is 0.308. The molecule has 1 fully saturated rings. The minimum Gasteiger partial charge on any atom is -0.355 e. The molecule has 1 aliphatic heterocycles. The molecule has 0 unspecified atom stereocenters. The highest BCUT2D eigenvalue weighted by atomic mass is 16.2. The predicted molar refractivity (Wildman–Crippen MR) is 72.3 cm³/mol. The van der Waals surface area contributed by atoms with Crippen LogP contribution < -0.4 is 10.2 Å². The number of aromatic nitrogens is 3. The van der Waals surface area contributed by atoms with Gasteiger partial charge in [-0.2, -0.15) is 0 Å². The van der Waals surface area contributed by atoms with Gasteiger partial charge in [0.2, 0.25) is 0 Å². The Balaban J connectivity index is 1.82. The van der Waals surface area contributed by atoms with Gasteiger partial charge in [-0.25, -0.2) is 14.8 Å². The molecule has 2 aromatic rings. The number of nitrogens with zero attached hydrogens (tertiary/aromatic N) is 4. The van der Waals surface area contributed by atoms with Crippen molar-refractivity contribution >= 4 is 17.5 Å². The molecule has 1 aliphatic rings. The molecule has 0 radical (unpaired) electrons. The van der Waals surface area contributed by atoms with E-state index in [2.05, 4.69) is 20.2 Å². The van der Waals surface area contributed by atoms with E-state index in [1.165, 1.54) is 23.7 Å². The molecule has 0 aliphatic carbocycles. The molecule has 3 rings (SSSR count). The van der Waals surface area contributed by atoms with Gasteiger partial charge >= 0.3 is 6.03 Å². The lowest BCUT2D eigenvalue weighted by Crippen LogP contribution is -2.23. The summed E-state index contributed by atoms with van der Waals surface area (Å²) in [5, 5.41) is 2.87. The van der Waals surface area contributed by atoms with E-state index in [0.29, 0.717) is 0 Å². The van der Waals surface area contributed by atoms with E-state index in [1.54, 1.807) is 18.6 Å². The van der Waals surface area contributed by atoms with E-state index in [-0.39, 0.29) is 6.03 Å². The average molecular weight is 257 g/mol. The van der Waals surface area contributed by atoms with Crippen LogP contribution in [-0.2, 0) is 0 Å². The van der Waals surface area contributed by atoms with E-state index in [0.717, 1.165) is 24.6 Å². The Morgan fingerprint density at radius 1 is 1.26 bits per heavy atom. The summed E-state index contributed by atoms with van der Waals surface area (Å²) < 4.78 is 1.40. The molecule has 98 valence electrons. The molecule has 6 nitrogen and oxygen atoms in total. The number of nitrogens with one attached hydrogen (secondary N) is 1. The van der Waals surface area contributed by atoms with Crippen molar-refractivity contribution in [2.45, 2.75) is 12.8 Å². The predicted octanol–water partition coefficient (Wildman–Crippen LogP) is 1.96. The Morgan fingerprint density at radius 2 is 2.11 bits per heavy atom. The standard InChI is InChI=1S/C13H15N5O/c19-13(18-9-6-14-10-18)16-11-4-3-5-15-12(11)17-7-1-2-8-17/h3-6,9-10H,1-2,7-8H2,(H,16,19). The van der Waals surface area contributed by atoms with E-state index in [4.69, 9.17) is 0 Å². The second kappa shape index (κ2) is 5.09. The van der Waals surface area contributed by atoms with Crippen LogP contribution in [0.15, 0.2) is 37.1 Å². The lowest BCUT2D eigenvalue weighted by molar-refractivity contribution is 0.253. The number of rotatable bonds is 2. The van der Waals surface area contributed by atoms with Gasteiger partial charge in [0, 0.05) is 31.7 Å². The summed E-state index contributed by atoms with van der Waals surface area (Å²) in [5.41, 5.74) is 0.739. The molecule has 0 saturated carbocycles. The van der Waals surface area contributed by atoms with Crippen LogP contribution in [0, 0.1) is 0 Å². The number of hydrogen-bond donors (Lipinski definition) is 1. The van der Waals surface area contributed by atoms with Gasteiger partial charge in [0.25, 0.3) is 0 Å². The number of amides is 1. The van der Waals surface area contributed by atoms with E-state index < -0.39 is 0 Å². The number of pyridine rings is 1. The summed E-state index contributed by atoms with van der Waals surface area (Å²) in [5.74, 6) is 0.841. The summed E-state index contributed by atoms with van der Waals surface area (Å²) >= 11 is 0. The van der Waals surface area contributed by atoms with Gasteiger partial charge in [-0.1, -0.05) is 0 Å². The molecule has 3 heterocycles. The van der Waals surface area contributed by atoms with E-state index in [9.17, 15) is 4.79 Å². The first-order chi connectivity index (χ1) is 9.34. The summed E-state index contributed by atoms with van der Waals surface area (Å²) in [6.07, 6.45) is 8.75. The normalized spacial score (nSPS) is 14.6. The van der Waals surface area contributed by atoms with Crippen molar-refractivity contribution in [3.05, 3.63) is 37.1 Å². The minimum atomic E-state index is -0.231. The van der Waals surface area contributed by atoms with Crippen LogP contribution in [0.5, 0.6) is 0 Å². The summed E-state index contributed by atoms with van der Waals surface area (Å²) in [6, 6.07) is 3.46. The maximum Gasteiger partial charge on any atom is 0.331 e. The molecule has 2 aromatic heterocycles. The Kier molecular flexibility index (Phi) is 3.14. The smallest absolute Gasteiger partial charge is 0.331 e. The Morgan fingerprint density at radius 3 is 2.84 bits per heavy atom. The van der Waals surface area contributed by atoms with E-state index in [1.807, 2.05) is 12.1 Å². The average Bonchev–Trinajstić information content (AvgIpc) is 3.13. The first-order valence-corrected chi connectivity index (χ1v) is 6.34. The fourth-order valence-electron chi connectivity index (χ4n) is 2.23. The van der Waals surface area contributed by atoms with Gasteiger partial charge in [-0.05, 0) is 25.0 Å². The highest BCUT2D eigenvalue weighted by Crippen LogP contribution is 2.26. The van der Waals surface area contributed by atoms with Crippen LogP contribution in [0.2, 0.25) is 0 Å². The van der Waals surface area contributed by atoms with Crippen molar-refractivity contribution in [1.29, 1.82) is 0 Å². The van der Waals surface area contributed by atoms with Crippen molar-refractivity contribution in [3.63, 3.8) is 0 Å². The van der Waals surface area contributed by atoms with Crippen molar-refractivity contribution in [3.8, 4) is 0 Å². The number of hydrogen-bond acceptors (Lipinski definition) is 4. The highest BCUT2D eigenvalue weighted by molar-refractivity contribution is 5.93. The maximum atomic E-state index is 12.0. The quantitative estimate of drug-likeness (QED) is 0.893. The summed E-state index contributed by atoms with van der Waals surface area (Å²) in [4.78, 5) is 22.4. The zero-order valence-electron chi connectivity index (χ0n) is 10.5. The number of carbonyl (C=O) groups is 1. The zero-order valence-corrected chi connectivity index (χ0v) is 10.5. The topological polar surface area (TPSA) is 63.1 Å². The Hall–Kier alpha value is -2.37. The first-order valence-electron chi connectivity index (χ1n) is 6.34. The maximum absolute atomic E-state index is 12.0. The molecule has 1 amide bonds. The van der Waals surface area contributed by atoms with Gasteiger partial charge in [-0.15, -0.1) is 0 Å². The van der Waals surface area contributed by atoms with Crippen molar-refractivity contribution in [1.82, 2.24) is 14.5 Å². The van der Waals surface area contributed by atoms with Crippen LogP contribution >= 0.6 is 0 Å². The lowest BCUT2D eigenvalue weighted by Gasteiger charge is -2.19. The van der Waals surface area contributed by atoms with Gasteiger partial charge in [0.15, 0.2) is 5.82 Å². The van der Waals surface area contributed by atoms with Crippen LogP contribution in [-0.4, -0.2) is 33.7 Å². The summed E-state index contributed by atoms with van der Waals surface area (Å²) in [7, 11) is 0. The van der Waals surface area contributed by atoms with Crippen molar-refractivity contribution in [2.24, 2.45) is 0 Å². The van der Waals surface area contributed by atoms with Crippen LogP contribution in [0.3, 0.4) is 0 Å². The van der Waals surface area contributed by atoms with Crippen LogP contribution in [0.4, 0.5) is 16.3 Å². The minimum absolute atomic E-state index is 0.231. The van der Waals surface area contributed by atoms with Crippen molar-refractivity contribution in [2.75, 3.05) is 23.3 Å². The Bertz CT molecular complexity index is 560. The summed E-state index contributed by atoms with van der Waals surface area (Å²) in [6.45, 7) is 1.98. The molecular formula is C13H15N5O. The SMILES string of the molecule is O=C(Nc1cccnc1N1CCCC1)n1ccnc1. The third-order valence-corrected chi connectivity index (χ3v) is 3.17. The second-order valence-electron chi connectivity index (χ2n) is 4.47. The molecule has 19 heavy (non-hydrogen) atoms. The molecule has 1 saturated heterocycles. The van der Waals surface area contributed by atoms with Gasteiger partial charge in [0.05, 0.1) is 5.69 Å². The molecular weight excluding hydrogens is 242 g/mol. The first kappa shape index (κ1) is 11.7. The van der Waals surface area contributed by atoms with E-state index >= 15 is 0 Å². The number of imidazole rings is 1. The fourth-order valence-corrected chi connectivity index (χ4v) is 2.23. The van der Waals surface area contributed by atoms with Gasteiger partial charge < -0.3 is 10.2 Å². The zero-order chi connectivity index (χ0) is 13.1. The van der Waals surface area contributed by atoms with Gasteiger partial charge in [-0.3, -0.25) is 4.57 Å². The molecule has 0 atom stereocenters. The second-order valence-corrected chi connectivity index (χ2v) is 4.47. The third-order valence-electron chi connectivity index (χ3n) is 3.17. The van der Waals surface area contributed by atoms with Crippen molar-refractivity contribution < 1.29 is 4.79 Å². The highest BCUT2D eigenvalue weighted by Gasteiger charge is 2.18. The van der Waals surface area contributed by atoms with Crippen LogP contribution in [0.1, 0.15) is 12.8 Å². The Labute approximate surface area is 111 Å². The number of carbonyl (C=O) groups excluding carboxylic acids is 1. The molecule has 0 bridgehead atoms. The monoisotopic (exact) mass is 257 g/mol. The molecule has 6 heteroatoms. The molecule has 0 spiro atoms. The molecule has 0 aromatic carbocycles. The van der Waals surface area contributed by atoms with Gasteiger partial charge in [0.1, 0.15) is 6.33 Å². The lowest BCUT2D eigenvalue weighted by atomic mass is 10.3.